The Kier molecular flexibility index (Phi) is 13.1. The van der Waals surface area contributed by atoms with Gasteiger partial charge in [0.25, 0.3) is 0 Å². The smallest absolute Gasteiger partial charge is 1.00 e. The van der Waals surface area contributed by atoms with Gasteiger partial charge in [0, 0.05) is 6.42 Å². The fourth-order valence-electron chi connectivity index (χ4n) is 0.963. The summed E-state index contributed by atoms with van der Waals surface area (Å²) in [5, 5.41) is 0. The molecule has 0 radical (unpaired) electrons. The van der Waals surface area contributed by atoms with Gasteiger partial charge in [-0.2, -0.15) is 0 Å². The maximum Gasteiger partial charge on any atom is 2.00 e. The van der Waals surface area contributed by atoms with Crippen LogP contribution in [0, 0.1) is 19.0 Å². The van der Waals surface area contributed by atoms with E-state index in [1.807, 2.05) is 0 Å². The Bertz CT molecular complexity index is 159. The summed E-state index contributed by atoms with van der Waals surface area (Å²) in [6.07, 6.45) is 6.35. The summed E-state index contributed by atoms with van der Waals surface area (Å²) in [5.74, 6) is 2.73. The maximum atomic E-state index is 5.28. The quantitative estimate of drug-likeness (QED) is 0.318. The van der Waals surface area contributed by atoms with E-state index in [0.717, 1.165) is 19.4 Å². The van der Waals surface area contributed by atoms with Crippen molar-refractivity contribution in [2.24, 2.45) is 0 Å². The summed E-state index contributed by atoms with van der Waals surface area (Å²) in [6.45, 7) is 4.38. The van der Waals surface area contributed by atoms with Gasteiger partial charge in [-0.05, 0) is 12.8 Å². The second-order valence-corrected chi connectivity index (χ2v) is 2.44. The minimum absolute atomic E-state index is 0. The van der Waals surface area contributed by atoms with Gasteiger partial charge < -0.3 is 33.4 Å². The molecule has 13 heavy (non-hydrogen) atoms. The predicted octanol–water partition coefficient (Wildman–Crippen LogP) is -1.66. The van der Waals surface area contributed by atoms with Gasteiger partial charge in [-0.1, -0.05) is 5.92 Å². The molecule has 1 aliphatic rings. The van der Waals surface area contributed by atoms with Crippen molar-refractivity contribution in [3.63, 3.8) is 0 Å². The molecule has 0 aliphatic carbocycles. The predicted molar refractivity (Wildman–Crippen MR) is 48.2 cm³/mol. The number of hydrogen-bond donors (Lipinski definition) is 0. The van der Waals surface area contributed by atoms with Gasteiger partial charge >= 0.3 is 23.1 Å². The van der Waals surface area contributed by atoms with Crippen molar-refractivity contribution in [1.82, 2.24) is 0 Å². The molecular weight excluding hydrogens is 244 g/mol. The fourth-order valence-corrected chi connectivity index (χ4v) is 0.963. The largest absolute Gasteiger partial charge is 2.00 e. The molecule has 2 nitrogen and oxygen atoms in total. The molecule has 1 fully saturated rings. The van der Waals surface area contributed by atoms with E-state index < -0.39 is 0 Å². The molecule has 1 rings (SSSR count). The molecule has 0 spiro atoms. The average Bonchev–Trinajstić information content (AvgIpc) is 2.07. The van der Waals surface area contributed by atoms with Crippen molar-refractivity contribution in [3.05, 3.63) is 6.92 Å². The summed E-state index contributed by atoms with van der Waals surface area (Å²) < 4.78 is 10.4. The Morgan fingerprint density at radius 2 is 2.23 bits per heavy atom. The van der Waals surface area contributed by atoms with E-state index in [2.05, 4.69) is 19.0 Å². The van der Waals surface area contributed by atoms with E-state index in [0.29, 0.717) is 6.42 Å². The molecule has 0 aromatic carbocycles. The summed E-state index contributed by atoms with van der Waals surface area (Å²) in [5.41, 5.74) is 0. The maximum absolute atomic E-state index is 5.28. The summed E-state index contributed by atoms with van der Waals surface area (Å²) in [7, 11) is 0. The topological polar surface area (TPSA) is 18.5 Å². The third kappa shape index (κ3) is 7.62. The third-order valence-electron chi connectivity index (χ3n) is 1.53. The molecule has 1 atom stereocenters. The first kappa shape index (κ1) is 16.0. The molecule has 1 aliphatic heterocycles. The average molecular weight is 257 g/mol. The standard InChI is InChI=1S/C9H13O2.BrH.Mg/c1-2-3-7-10-9-6-4-5-8-11-9;;/h9H,1-2,4-6,8H2;1H;/q-1;;+2/p-1. The van der Waals surface area contributed by atoms with Gasteiger partial charge in [-0.25, -0.2) is 0 Å². The molecule has 1 unspecified atom stereocenters. The number of hydrogen-bond acceptors (Lipinski definition) is 2. The zero-order chi connectivity index (χ0) is 7.94. The molecular formula is C9H13BrMgO2. The van der Waals surface area contributed by atoms with Crippen LogP contribution >= 0.6 is 0 Å². The molecule has 0 N–H and O–H groups in total. The minimum atomic E-state index is -0.0946. The Balaban J connectivity index is 0. The van der Waals surface area contributed by atoms with Gasteiger partial charge in [-0.3, -0.25) is 0 Å². The summed E-state index contributed by atoms with van der Waals surface area (Å²) in [6, 6.07) is 0. The van der Waals surface area contributed by atoms with E-state index in [9.17, 15) is 0 Å². The second kappa shape index (κ2) is 10.6. The van der Waals surface area contributed by atoms with Crippen molar-refractivity contribution in [2.75, 3.05) is 6.61 Å². The summed E-state index contributed by atoms with van der Waals surface area (Å²) >= 11 is 0. The molecule has 0 amide bonds. The first-order chi connectivity index (χ1) is 5.43. The SMILES string of the molecule is [Br-].[CH2-]CC#COC1CCCCO1.[Mg+2]. The van der Waals surface area contributed by atoms with Crippen LogP contribution in [0.25, 0.3) is 0 Å². The van der Waals surface area contributed by atoms with Crippen molar-refractivity contribution < 1.29 is 26.5 Å². The van der Waals surface area contributed by atoms with Crippen LogP contribution in [0.4, 0.5) is 0 Å². The molecule has 1 heterocycles. The van der Waals surface area contributed by atoms with E-state index >= 15 is 0 Å². The second-order valence-electron chi connectivity index (χ2n) is 2.44. The number of ether oxygens (including phenoxy) is 2. The van der Waals surface area contributed by atoms with E-state index in [4.69, 9.17) is 9.47 Å². The van der Waals surface area contributed by atoms with Gasteiger partial charge in [0.05, 0.1) is 6.61 Å². The summed E-state index contributed by atoms with van der Waals surface area (Å²) in [4.78, 5) is 0. The van der Waals surface area contributed by atoms with Gasteiger partial charge in [0.2, 0.25) is 6.29 Å². The van der Waals surface area contributed by atoms with Gasteiger partial charge in [0.1, 0.15) is 6.11 Å². The molecule has 0 aromatic rings. The molecule has 1 saturated heterocycles. The Morgan fingerprint density at radius 3 is 2.77 bits per heavy atom. The van der Waals surface area contributed by atoms with Crippen molar-refractivity contribution in [1.29, 1.82) is 0 Å². The van der Waals surface area contributed by atoms with Crippen molar-refractivity contribution in [3.8, 4) is 12.0 Å². The first-order valence-electron chi connectivity index (χ1n) is 3.98. The fraction of sp³-hybridized carbons (Fsp3) is 0.667. The van der Waals surface area contributed by atoms with Gasteiger partial charge in [0.15, 0.2) is 0 Å². The van der Waals surface area contributed by atoms with Crippen LogP contribution in [-0.4, -0.2) is 35.9 Å². The van der Waals surface area contributed by atoms with E-state index in [-0.39, 0.29) is 46.3 Å². The molecule has 0 bridgehead atoms. The zero-order valence-corrected chi connectivity index (χ0v) is 10.7. The van der Waals surface area contributed by atoms with Crippen LogP contribution in [0.1, 0.15) is 25.7 Å². The van der Waals surface area contributed by atoms with Crippen LogP contribution in [0.2, 0.25) is 0 Å². The molecule has 70 valence electrons. The number of halogens is 1. The van der Waals surface area contributed by atoms with Crippen LogP contribution in [-0.2, 0) is 9.47 Å². The Hall–Kier alpha value is 0.566. The molecule has 0 aromatic heterocycles. The van der Waals surface area contributed by atoms with E-state index in [1.54, 1.807) is 0 Å². The molecule has 4 heteroatoms. The van der Waals surface area contributed by atoms with Crippen molar-refractivity contribution >= 4 is 23.1 Å². The van der Waals surface area contributed by atoms with Crippen LogP contribution < -0.4 is 17.0 Å². The number of rotatable bonds is 1. The van der Waals surface area contributed by atoms with E-state index in [1.165, 1.54) is 6.42 Å². The normalized spacial score (nSPS) is 19.9. The monoisotopic (exact) mass is 256 g/mol. The zero-order valence-electron chi connectivity index (χ0n) is 7.72. The van der Waals surface area contributed by atoms with Crippen LogP contribution in [0.15, 0.2) is 0 Å². The Labute approximate surface area is 107 Å². The van der Waals surface area contributed by atoms with Crippen LogP contribution in [0.5, 0.6) is 0 Å². The Morgan fingerprint density at radius 1 is 1.46 bits per heavy atom. The third-order valence-corrected chi connectivity index (χ3v) is 1.53. The van der Waals surface area contributed by atoms with Gasteiger partial charge in [-0.15, -0.1) is 6.42 Å². The molecule has 0 saturated carbocycles. The van der Waals surface area contributed by atoms with Crippen molar-refractivity contribution in [2.45, 2.75) is 32.0 Å². The first-order valence-corrected chi connectivity index (χ1v) is 3.98. The van der Waals surface area contributed by atoms with Crippen LogP contribution in [0.3, 0.4) is 0 Å². The minimum Gasteiger partial charge on any atom is -1.00 e.